The molecule has 2 rings (SSSR count). The molecule has 0 aromatic heterocycles. The first-order valence-electron chi connectivity index (χ1n) is 27.4. The second kappa shape index (κ2) is 42.5. The van der Waals surface area contributed by atoms with Crippen molar-refractivity contribution in [3.05, 3.63) is 60.8 Å². The monoisotopic (exact) mass is 1010 g/mol. The summed E-state index contributed by atoms with van der Waals surface area (Å²) in [6.07, 6.45) is 32.8. The third-order valence-corrected chi connectivity index (χ3v) is 12.9. The smallest absolute Gasteiger partial charge is 0.306 e. The Morgan fingerprint density at radius 2 is 0.887 bits per heavy atom. The standard InChI is InChI=1S/C56H96O15/c1-3-5-7-9-11-13-15-17-18-19-20-21-22-23-24-25-27-28-30-32-34-36-38-47(58)66-41-44(69-48(59)39-37-35-33-31-29-26-16-14-12-10-8-6-4-2)42-67-55-54(65)52(63)50(61)46(71-55)43-68-56-53(64)51(62)49(60)45(40-57)70-56/h6,8,10,12,14,16,26,29,31,33,44-46,49-57,60-65H,3-5,7,9,11,13,15,17-25,27-28,30,32,34-43H2,1-2H3/b8-6+,12-10+,16-14+,29-26+,33-31+/t44?,45-,46-,49+,50+,51?,52?,53?,54?,55-,56-/m1/s1. The first kappa shape index (κ1) is 64.3. The minimum Gasteiger partial charge on any atom is -0.462 e. The Hall–Kier alpha value is -2.80. The molecule has 0 saturated carbocycles. The molecule has 15 heteroatoms. The molecule has 0 aliphatic carbocycles. The quantitative estimate of drug-likeness (QED) is 0.0173. The number of rotatable bonds is 42. The van der Waals surface area contributed by atoms with Crippen LogP contribution in [-0.2, 0) is 38.0 Å². The Balaban J connectivity index is 1.76. The lowest BCUT2D eigenvalue weighted by atomic mass is 9.98. The highest BCUT2D eigenvalue weighted by molar-refractivity contribution is 5.70. The Bertz CT molecular complexity index is 1470. The average molecular weight is 1010 g/mol. The zero-order chi connectivity index (χ0) is 51.7. The van der Waals surface area contributed by atoms with Gasteiger partial charge in [-0.2, -0.15) is 0 Å². The molecule has 0 aromatic carbocycles. The first-order chi connectivity index (χ1) is 34.5. The fourth-order valence-electron chi connectivity index (χ4n) is 8.42. The fraction of sp³-hybridized carbons (Fsp3) is 0.786. The molecule has 0 radical (unpaired) electrons. The number of ether oxygens (including phenoxy) is 6. The van der Waals surface area contributed by atoms with Crippen molar-refractivity contribution in [3.63, 3.8) is 0 Å². The molecular formula is C56H96O15. The van der Waals surface area contributed by atoms with E-state index in [1.807, 2.05) is 54.7 Å². The Morgan fingerprint density at radius 1 is 0.465 bits per heavy atom. The number of hydrogen-bond acceptors (Lipinski definition) is 15. The van der Waals surface area contributed by atoms with E-state index in [0.717, 1.165) is 25.7 Å². The summed E-state index contributed by atoms with van der Waals surface area (Å²) in [5.41, 5.74) is 0. The number of allylic oxidation sites excluding steroid dienone is 10. The molecule has 7 N–H and O–H groups in total. The predicted octanol–water partition coefficient (Wildman–Crippen LogP) is 8.44. The van der Waals surface area contributed by atoms with E-state index in [-0.39, 0.29) is 19.4 Å². The number of esters is 2. The largest absolute Gasteiger partial charge is 0.462 e. The van der Waals surface area contributed by atoms with Gasteiger partial charge in [0.05, 0.1) is 19.8 Å². The van der Waals surface area contributed by atoms with Crippen LogP contribution in [0.25, 0.3) is 0 Å². The van der Waals surface area contributed by atoms with Gasteiger partial charge in [0.1, 0.15) is 55.4 Å². The zero-order valence-electron chi connectivity index (χ0n) is 43.4. The lowest BCUT2D eigenvalue weighted by molar-refractivity contribution is -0.332. The Morgan fingerprint density at radius 3 is 1.38 bits per heavy atom. The number of hydrogen-bond donors (Lipinski definition) is 7. The molecule has 2 aliphatic heterocycles. The Kier molecular flexibility index (Phi) is 38.5. The van der Waals surface area contributed by atoms with E-state index in [2.05, 4.69) is 19.9 Å². The summed E-state index contributed by atoms with van der Waals surface area (Å²) in [6.45, 7) is 2.38. The number of aliphatic hydroxyl groups excluding tert-OH is 7. The summed E-state index contributed by atoms with van der Waals surface area (Å²) in [4.78, 5) is 25.8. The van der Waals surface area contributed by atoms with Crippen molar-refractivity contribution in [2.45, 2.75) is 255 Å². The second-order valence-electron chi connectivity index (χ2n) is 19.2. The number of aliphatic hydroxyl groups is 7. The van der Waals surface area contributed by atoms with Crippen LogP contribution in [0.1, 0.15) is 187 Å². The van der Waals surface area contributed by atoms with E-state index < -0.39 is 99.3 Å². The van der Waals surface area contributed by atoms with Gasteiger partial charge in [-0.1, -0.05) is 209 Å². The van der Waals surface area contributed by atoms with Crippen molar-refractivity contribution in [2.75, 3.05) is 26.4 Å². The molecule has 0 amide bonds. The van der Waals surface area contributed by atoms with Crippen LogP contribution in [0.15, 0.2) is 60.8 Å². The molecular weight excluding hydrogens is 913 g/mol. The minimum absolute atomic E-state index is 0.0682. The lowest BCUT2D eigenvalue weighted by Crippen LogP contribution is -2.61. The number of unbranched alkanes of at least 4 members (excludes halogenated alkanes) is 22. The van der Waals surface area contributed by atoms with Crippen LogP contribution in [0.4, 0.5) is 0 Å². The molecule has 2 fully saturated rings. The van der Waals surface area contributed by atoms with E-state index in [0.29, 0.717) is 19.3 Å². The molecule has 71 heavy (non-hydrogen) atoms. The van der Waals surface area contributed by atoms with Gasteiger partial charge >= 0.3 is 11.9 Å². The van der Waals surface area contributed by atoms with Crippen LogP contribution in [0.5, 0.6) is 0 Å². The molecule has 2 heterocycles. The molecule has 0 aromatic rings. The molecule has 0 spiro atoms. The van der Waals surface area contributed by atoms with Gasteiger partial charge in [-0.25, -0.2) is 0 Å². The highest BCUT2D eigenvalue weighted by atomic mass is 16.7. The maximum Gasteiger partial charge on any atom is 0.306 e. The summed E-state index contributed by atoms with van der Waals surface area (Å²) >= 11 is 0. The van der Waals surface area contributed by atoms with E-state index in [1.54, 1.807) is 0 Å². The second-order valence-corrected chi connectivity index (χ2v) is 19.2. The normalized spacial score (nSPS) is 25.6. The van der Waals surface area contributed by atoms with E-state index >= 15 is 0 Å². The van der Waals surface area contributed by atoms with Crippen LogP contribution >= 0.6 is 0 Å². The van der Waals surface area contributed by atoms with Crippen molar-refractivity contribution in [1.29, 1.82) is 0 Å². The van der Waals surface area contributed by atoms with E-state index in [1.165, 1.54) is 116 Å². The predicted molar refractivity (Wildman–Crippen MR) is 275 cm³/mol. The SMILES string of the molecule is CC/C=C/C=C/C=C/C=C/C=C/CCCC(=O)OC(COC(=O)CCCCCCCCCCCCCCCCCCCCCCCC)CO[C@@H]1O[C@H](CO[C@@H]2O[C@H](CO)[C@H](O)C(O)C2O)[C@H](O)C(O)C1O. The van der Waals surface area contributed by atoms with Gasteiger partial charge in [-0.15, -0.1) is 0 Å². The minimum atomic E-state index is -1.78. The molecule has 5 unspecified atom stereocenters. The van der Waals surface area contributed by atoms with Crippen molar-refractivity contribution >= 4 is 11.9 Å². The Labute approximate surface area is 426 Å². The van der Waals surface area contributed by atoms with Gasteiger partial charge in [0, 0.05) is 12.8 Å². The molecule has 2 aliphatic rings. The molecule has 410 valence electrons. The first-order valence-corrected chi connectivity index (χ1v) is 27.4. The summed E-state index contributed by atoms with van der Waals surface area (Å²) in [5.74, 6) is -1.01. The van der Waals surface area contributed by atoms with Crippen LogP contribution in [0.2, 0.25) is 0 Å². The summed E-state index contributed by atoms with van der Waals surface area (Å²) in [6, 6.07) is 0. The third-order valence-electron chi connectivity index (χ3n) is 12.9. The van der Waals surface area contributed by atoms with Gasteiger partial charge in [-0.05, 0) is 25.7 Å². The highest BCUT2D eigenvalue weighted by Crippen LogP contribution is 2.26. The lowest BCUT2D eigenvalue weighted by Gasteiger charge is -2.42. The highest BCUT2D eigenvalue weighted by Gasteiger charge is 2.47. The molecule has 0 bridgehead atoms. The summed E-state index contributed by atoms with van der Waals surface area (Å²) < 4.78 is 33.5. The van der Waals surface area contributed by atoms with Gasteiger partial charge in [0.2, 0.25) is 0 Å². The van der Waals surface area contributed by atoms with Gasteiger partial charge in [-0.3, -0.25) is 9.59 Å². The summed E-state index contributed by atoms with van der Waals surface area (Å²) in [7, 11) is 0. The maximum absolute atomic E-state index is 13.0. The zero-order valence-corrected chi connectivity index (χ0v) is 43.4. The number of carbonyl (C=O) groups excluding carboxylic acids is 2. The van der Waals surface area contributed by atoms with Crippen molar-refractivity contribution in [1.82, 2.24) is 0 Å². The molecule has 2 saturated heterocycles. The summed E-state index contributed by atoms with van der Waals surface area (Å²) in [5, 5.41) is 72.1. The maximum atomic E-state index is 13.0. The van der Waals surface area contributed by atoms with Crippen molar-refractivity contribution in [2.24, 2.45) is 0 Å². The molecule has 11 atom stereocenters. The van der Waals surface area contributed by atoms with Crippen LogP contribution in [0.3, 0.4) is 0 Å². The van der Waals surface area contributed by atoms with Crippen LogP contribution in [-0.4, -0.2) is 142 Å². The number of carbonyl (C=O) groups is 2. The molecule has 15 nitrogen and oxygen atoms in total. The van der Waals surface area contributed by atoms with Crippen LogP contribution < -0.4 is 0 Å². The fourth-order valence-corrected chi connectivity index (χ4v) is 8.42. The van der Waals surface area contributed by atoms with Crippen LogP contribution in [0, 0.1) is 0 Å². The van der Waals surface area contributed by atoms with Crippen molar-refractivity contribution < 1.29 is 73.8 Å². The van der Waals surface area contributed by atoms with Crippen molar-refractivity contribution in [3.8, 4) is 0 Å². The topological polar surface area (TPSA) is 231 Å². The van der Waals surface area contributed by atoms with Gasteiger partial charge in [0.25, 0.3) is 0 Å². The van der Waals surface area contributed by atoms with E-state index in [9.17, 15) is 45.3 Å². The van der Waals surface area contributed by atoms with Gasteiger partial charge in [0.15, 0.2) is 18.7 Å². The third kappa shape index (κ3) is 30.2. The van der Waals surface area contributed by atoms with Gasteiger partial charge < -0.3 is 64.2 Å². The average Bonchev–Trinajstić information content (AvgIpc) is 3.36. The van der Waals surface area contributed by atoms with E-state index in [4.69, 9.17) is 28.4 Å².